The summed E-state index contributed by atoms with van der Waals surface area (Å²) in [7, 11) is 0. The van der Waals surface area contributed by atoms with E-state index >= 15 is 0 Å². The molecule has 3 rings (SSSR count). The van der Waals surface area contributed by atoms with E-state index < -0.39 is 0 Å². The highest BCUT2D eigenvalue weighted by Gasteiger charge is 2.11. The zero-order chi connectivity index (χ0) is 19.6. The topological polar surface area (TPSA) is 56.8 Å². The first-order valence-electron chi connectivity index (χ1n) is 10.1. The van der Waals surface area contributed by atoms with E-state index in [0.29, 0.717) is 32.8 Å². The molecule has 0 spiro atoms. The maximum atomic E-state index is 12.0. The minimum absolute atomic E-state index is 0.0550. The van der Waals surface area contributed by atoms with Gasteiger partial charge in [-0.25, -0.2) is 0 Å². The van der Waals surface area contributed by atoms with Crippen molar-refractivity contribution >= 4 is 5.91 Å². The van der Waals surface area contributed by atoms with Gasteiger partial charge in [0.1, 0.15) is 25.6 Å². The van der Waals surface area contributed by atoms with Crippen molar-refractivity contribution in [2.24, 2.45) is 0 Å². The van der Waals surface area contributed by atoms with Crippen LogP contribution >= 0.6 is 0 Å². The molecule has 1 aliphatic rings. The van der Waals surface area contributed by atoms with Crippen molar-refractivity contribution in [1.29, 1.82) is 0 Å². The van der Waals surface area contributed by atoms with Crippen LogP contribution in [0.15, 0.2) is 42.5 Å². The predicted molar refractivity (Wildman–Crippen MR) is 109 cm³/mol. The fraction of sp³-hybridized carbons (Fsp3) is 0.435. The van der Waals surface area contributed by atoms with Crippen molar-refractivity contribution in [3.63, 3.8) is 0 Å². The standard InChI is InChI=1S/C23H29NO4/c1-2-4-18-7-10-20(11-8-18)26-14-13-24-23(25)6-3-5-19-9-12-21-22(17-19)28-16-15-27-21/h7-12,17H,2-6,13-16H2,1H3,(H,24,25). The Hall–Kier alpha value is -2.69. The van der Waals surface area contributed by atoms with Crippen molar-refractivity contribution in [1.82, 2.24) is 5.32 Å². The maximum Gasteiger partial charge on any atom is 0.220 e. The summed E-state index contributed by atoms with van der Waals surface area (Å²) >= 11 is 0. The number of nitrogens with one attached hydrogen (secondary N) is 1. The van der Waals surface area contributed by atoms with Crippen molar-refractivity contribution in [3.8, 4) is 17.2 Å². The molecule has 28 heavy (non-hydrogen) atoms. The van der Waals surface area contributed by atoms with Crippen molar-refractivity contribution < 1.29 is 19.0 Å². The average Bonchev–Trinajstić information content (AvgIpc) is 2.72. The molecule has 5 heteroatoms. The Morgan fingerprint density at radius 2 is 1.75 bits per heavy atom. The Labute approximate surface area is 167 Å². The van der Waals surface area contributed by atoms with Crippen LogP contribution < -0.4 is 19.5 Å². The Balaban J connectivity index is 1.29. The predicted octanol–water partition coefficient (Wildman–Crippen LogP) is 3.93. The SMILES string of the molecule is CCCc1ccc(OCCNC(=O)CCCc2ccc3c(c2)OCCO3)cc1. The van der Waals surface area contributed by atoms with Gasteiger partial charge in [0.25, 0.3) is 0 Å². The lowest BCUT2D eigenvalue weighted by atomic mass is 10.1. The van der Waals surface area contributed by atoms with E-state index in [1.165, 1.54) is 5.56 Å². The van der Waals surface area contributed by atoms with E-state index in [9.17, 15) is 4.79 Å². The van der Waals surface area contributed by atoms with Crippen molar-refractivity contribution in [2.45, 2.75) is 39.0 Å². The quantitative estimate of drug-likeness (QED) is 0.632. The molecule has 1 amide bonds. The molecule has 1 aliphatic heterocycles. The third-order valence-corrected chi connectivity index (χ3v) is 4.63. The summed E-state index contributed by atoms with van der Waals surface area (Å²) in [5, 5.41) is 2.91. The first kappa shape index (κ1) is 20.1. The number of carbonyl (C=O) groups excluding carboxylic acids is 1. The highest BCUT2D eigenvalue weighted by Crippen LogP contribution is 2.31. The summed E-state index contributed by atoms with van der Waals surface area (Å²) in [5.74, 6) is 2.49. The number of aryl methyl sites for hydroxylation is 2. The molecule has 0 aromatic heterocycles. The van der Waals surface area contributed by atoms with Crippen LogP contribution in [0.5, 0.6) is 17.2 Å². The van der Waals surface area contributed by atoms with Gasteiger partial charge in [-0.05, 0) is 54.7 Å². The van der Waals surface area contributed by atoms with Gasteiger partial charge >= 0.3 is 0 Å². The molecule has 0 aliphatic carbocycles. The molecule has 2 aromatic rings. The fourth-order valence-corrected chi connectivity index (χ4v) is 3.19. The summed E-state index contributed by atoms with van der Waals surface area (Å²) in [6.07, 6.45) is 4.36. The Bertz CT molecular complexity index is 758. The molecule has 150 valence electrons. The number of hydrogen-bond donors (Lipinski definition) is 1. The van der Waals surface area contributed by atoms with Crippen LogP contribution in [-0.4, -0.2) is 32.3 Å². The first-order valence-corrected chi connectivity index (χ1v) is 10.1. The molecular weight excluding hydrogens is 354 g/mol. The number of hydrogen-bond acceptors (Lipinski definition) is 4. The van der Waals surface area contributed by atoms with Gasteiger partial charge in [-0.1, -0.05) is 31.5 Å². The van der Waals surface area contributed by atoms with Gasteiger partial charge < -0.3 is 19.5 Å². The molecule has 1 N–H and O–H groups in total. The molecule has 0 saturated carbocycles. The van der Waals surface area contributed by atoms with Gasteiger partial charge in [-0.15, -0.1) is 0 Å². The molecule has 1 heterocycles. The van der Waals surface area contributed by atoms with Gasteiger partial charge in [0.15, 0.2) is 11.5 Å². The molecule has 0 fully saturated rings. The minimum Gasteiger partial charge on any atom is -0.492 e. The number of rotatable bonds is 10. The number of carbonyl (C=O) groups is 1. The monoisotopic (exact) mass is 383 g/mol. The number of ether oxygens (including phenoxy) is 3. The van der Waals surface area contributed by atoms with Gasteiger partial charge in [0.05, 0.1) is 6.54 Å². The molecule has 0 saturated heterocycles. The fourth-order valence-electron chi connectivity index (χ4n) is 3.19. The van der Waals surface area contributed by atoms with Crippen LogP contribution in [0.25, 0.3) is 0 Å². The summed E-state index contributed by atoms with van der Waals surface area (Å²) in [6, 6.07) is 14.1. The van der Waals surface area contributed by atoms with E-state index in [2.05, 4.69) is 24.4 Å². The summed E-state index contributed by atoms with van der Waals surface area (Å²) in [6.45, 7) is 4.34. The zero-order valence-corrected chi connectivity index (χ0v) is 16.5. The van der Waals surface area contributed by atoms with Crippen molar-refractivity contribution in [3.05, 3.63) is 53.6 Å². The second kappa shape index (κ2) is 10.6. The normalized spacial score (nSPS) is 12.5. The molecule has 5 nitrogen and oxygen atoms in total. The van der Waals surface area contributed by atoms with Crippen LogP contribution in [0.3, 0.4) is 0 Å². The van der Waals surface area contributed by atoms with Crippen LogP contribution in [0.1, 0.15) is 37.3 Å². The minimum atomic E-state index is 0.0550. The highest BCUT2D eigenvalue weighted by atomic mass is 16.6. The van der Waals surface area contributed by atoms with E-state index in [0.717, 1.165) is 48.5 Å². The summed E-state index contributed by atoms with van der Waals surface area (Å²) in [5.41, 5.74) is 2.48. The van der Waals surface area contributed by atoms with Gasteiger partial charge in [-0.3, -0.25) is 4.79 Å². The molecule has 0 radical (unpaired) electrons. The zero-order valence-electron chi connectivity index (χ0n) is 16.5. The van der Waals surface area contributed by atoms with E-state index in [1.807, 2.05) is 30.3 Å². The van der Waals surface area contributed by atoms with Crippen LogP contribution in [-0.2, 0) is 17.6 Å². The largest absolute Gasteiger partial charge is 0.492 e. The number of fused-ring (bicyclic) bond motifs is 1. The lowest BCUT2D eigenvalue weighted by Crippen LogP contribution is -2.27. The number of benzene rings is 2. The molecule has 0 bridgehead atoms. The maximum absolute atomic E-state index is 12.0. The van der Waals surface area contributed by atoms with Crippen LogP contribution in [0, 0.1) is 0 Å². The first-order chi connectivity index (χ1) is 13.7. The van der Waals surface area contributed by atoms with Crippen LogP contribution in [0.4, 0.5) is 0 Å². The lowest BCUT2D eigenvalue weighted by Gasteiger charge is -2.18. The smallest absolute Gasteiger partial charge is 0.220 e. The summed E-state index contributed by atoms with van der Waals surface area (Å²) < 4.78 is 16.8. The average molecular weight is 383 g/mol. The van der Waals surface area contributed by atoms with Gasteiger partial charge in [-0.2, -0.15) is 0 Å². The second-order valence-corrected chi connectivity index (χ2v) is 6.92. The second-order valence-electron chi connectivity index (χ2n) is 6.92. The highest BCUT2D eigenvalue weighted by molar-refractivity contribution is 5.75. The summed E-state index contributed by atoms with van der Waals surface area (Å²) in [4.78, 5) is 12.0. The lowest BCUT2D eigenvalue weighted by molar-refractivity contribution is -0.121. The van der Waals surface area contributed by atoms with Gasteiger partial charge in [0.2, 0.25) is 5.91 Å². The number of amides is 1. The van der Waals surface area contributed by atoms with Crippen molar-refractivity contribution in [2.75, 3.05) is 26.4 Å². The Morgan fingerprint density at radius 3 is 2.54 bits per heavy atom. The molecule has 0 unspecified atom stereocenters. The third-order valence-electron chi connectivity index (χ3n) is 4.63. The van der Waals surface area contributed by atoms with Gasteiger partial charge in [0, 0.05) is 6.42 Å². The Kier molecular flexibility index (Phi) is 7.59. The third kappa shape index (κ3) is 6.19. The van der Waals surface area contributed by atoms with E-state index in [1.54, 1.807) is 0 Å². The van der Waals surface area contributed by atoms with E-state index in [-0.39, 0.29) is 5.91 Å². The van der Waals surface area contributed by atoms with Crippen LogP contribution in [0.2, 0.25) is 0 Å². The Morgan fingerprint density at radius 1 is 1.00 bits per heavy atom. The molecule has 0 atom stereocenters. The van der Waals surface area contributed by atoms with E-state index in [4.69, 9.17) is 14.2 Å². The molecular formula is C23H29NO4. The molecule has 2 aromatic carbocycles.